The lowest BCUT2D eigenvalue weighted by atomic mass is 9.86. The number of hydrogen-bond donors (Lipinski definition) is 0. The Bertz CT molecular complexity index is 3700. The molecule has 0 saturated heterocycles. The number of thiophene rings is 2. The molecule has 0 radical (unpaired) electrons. The lowest BCUT2D eigenvalue weighted by Crippen LogP contribution is -2.14. The summed E-state index contributed by atoms with van der Waals surface area (Å²) in [4.78, 5) is 38.2. The molecular weight excluding hydrogens is 709 g/mol. The number of aromatic nitrogens is 4. The molecule has 0 unspecified atom stereocenters. The Morgan fingerprint density at radius 2 is 0.788 bits per heavy atom. The largest absolute Gasteiger partial charge is 0.268 e. The zero-order valence-electron chi connectivity index (χ0n) is 25.9. The summed E-state index contributed by atoms with van der Waals surface area (Å²) in [5, 5.41) is 7.68. The second-order valence-corrected chi connectivity index (χ2v) is 15.4. The third-order valence-electron chi connectivity index (χ3n) is 11.0. The first kappa shape index (κ1) is 27.5. The zero-order valence-corrected chi connectivity index (χ0v) is 27.5. The number of halogens is 4. The van der Waals surface area contributed by atoms with Crippen molar-refractivity contribution in [3.63, 3.8) is 0 Å². The molecule has 0 saturated carbocycles. The van der Waals surface area contributed by atoms with Crippen molar-refractivity contribution in [2.45, 2.75) is 0 Å². The number of benzene rings is 7. The van der Waals surface area contributed by atoms with Crippen LogP contribution in [-0.4, -0.2) is 18.8 Å². The molecule has 12 heteroatoms. The predicted octanol–water partition coefficient (Wildman–Crippen LogP) is 10.2. The molecule has 0 fully saturated rings. The van der Waals surface area contributed by atoms with Gasteiger partial charge in [-0.05, 0) is 80.8 Å². The molecule has 6 heterocycles. The van der Waals surface area contributed by atoms with E-state index in [1.165, 1.54) is 20.9 Å². The Labute approximate surface area is 291 Å². The quantitative estimate of drug-likeness (QED) is 0.0889. The SMILES string of the molecule is O=c1c2ccc3c4ccc5c6c(ccc(c7ccc(c2c37)c2nc3cc7sc(F)c(F)c7cc3n12)c46)c(=O)n1c2cc3c(F)c(F)sc3cc2nc51. The van der Waals surface area contributed by atoms with Gasteiger partial charge in [-0.2, -0.15) is 8.78 Å². The number of pyridine rings is 2. The van der Waals surface area contributed by atoms with E-state index in [0.29, 0.717) is 76.2 Å². The van der Waals surface area contributed by atoms with Gasteiger partial charge < -0.3 is 0 Å². The van der Waals surface area contributed by atoms with E-state index < -0.39 is 21.9 Å². The van der Waals surface area contributed by atoms with E-state index in [0.717, 1.165) is 53.9 Å². The van der Waals surface area contributed by atoms with Crippen LogP contribution in [0.15, 0.2) is 82.4 Å². The third-order valence-corrected chi connectivity index (χ3v) is 12.8. The zero-order chi connectivity index (χ0) is 34.6. The predicted molar refractivity (Wildman–Crippen MR) is 201 cm³/mol. The molecule has 13 rings (SSSR count). The molecule has 7 aromatic carbocycles. The van der Waals surface area contributed by atoms with Crippen molar-refractivity contribution in [1.29, 1.82) is 0 Å². The van der Waals surface area contributed by atoms with Crippen molar-refractivity contribution in [2.24, 2.45) is 0 Å². The van der Waals surface area contributed by atoms with Crippen LogP contribution < -0.4 is 11.1 Å². The highest BCUT2D eigenvalue weighted by molar-refractivity contribution is 7.18. The summed E-state index contributed by atoms with van der Waals surface area (Å²) in [6, 6.07) is 21.6. The van der Waals surface area contributed by atoms with Crippen LogP contribution in [0.1, 0.15) is 0 Å². The second kappa shape index (κ2) is 8.61. The van der Waals surface area contributed by atoms with E-state index in [1.54, 1.807) is 24.3 Å². The average Bonchev–Trinajstić information content (AvgIpc) is 3.87. The molecule has 52 heavy (non-hydrogen) atoms. The molecule has 0 aliphatic carbocycles. The van der Waals surface area contributed by atoms with Crippen molar-refractivity contribution in [1.82, 2.24) is 18.8 Å². The molecule has 0 amide bonds. The van der Waals surface area contributed by atoms with E-state index in [1.807, 2.05) is 36.4 Å². The van der Waals surface area contributed by atoms with Crippen LogP contribution in [0.25, 0.3) is 118 Å². The number of fused-ring (bicyclic) bond motifs is 12. The van der Waals surface area contributed by atoms with Crippen molar-refractivity contribution >= 4 is 141 Å². The van der Waals surface area contributed by atoms with Crippen LogP contribution in [0.3, 0.4) is 0 Å². The normalized spacial score (nSPS) is 13.2. The molecule has 0 aliphatic rings. The van der Waals surface area contributed by atoms with E-state index >= 15 is 0 Å². The smallest absolute Gasteiger partial charge is 0.264 e. The summed E-state index contributed by atoms with van der Waals surface area (Å²) < 4.78 is 61.3. The van der Waals surface area contributed by atoms with Gasteiger partial charge in [-0.3, -0.25) is 18.4 Å². The summed E-state index contributed by atoms with van der Waals surface area (Å²) >= 11 is 1.41. The minimum atomic E-state index is -0.940. The summed E-state index contributed by atoms with van der Waals surface area (Å²) in [5.74, 6) is -1.88. The van der Waals surface area contributed by atoms with Crippen molar-refractivity contribution < 1.29 is 17.6 Å². The van der Waals surface area contributed by atoms with Gasteiger partial charge in [-0.25, -0.2) is 18.7 Å². The van der Waals surface area contributed by atoms with Crippen LogP contribution in [-0.2, 0) is 0 Å². The monoisotopic (exact) mass is 720 g/mol. The van der Waals surface area contributed by atoms with E-state index in [2.05, 4.69) is 0 Å². The minimum Gasteiger partial charge on any atom is -0.268 e. The van der Waals surface area contributed by atoms with Gasteiger partial charge in [0.15, 0.2) is 11.6 Å². The van der Waals surface area contributed by atoms with Gasteiger partial charge in [0.25, 0.3) is 11.1 Å². The Morgan fingerprint density at radius 3 is 1.19 bits per heavy atom. The van der Waals surface area contributed by atoms with Gasteiger partial charge in [-0.15, -0.1) is 22.7 Å². The summed E-state index contributed by atoms with van der Waals surface area (Å²) in [6.07, 6.45) is 0. The van der Waals surface area contributed by atoms with Gasteiger partial charge in [-0.1, -0.05) is 24.3 Å². The maximum Gasteiger partial charge on any atom is 0.264 e. The number of hydrogen-bond acceptors (Lipinski definition) is 6. The summed E-state index contributed by atoms with van der Waals surface area (Å²) in [5.41, 5.74) is 1.97. The first-order chi connectivity index (χ1) is 25.3. The maximum absolute atomic E-state index is 14.7. The first-order valence-corrected chi connectivity index (χ1v) is 17.8. The molecule has 6 nitrogen and oxygen atoms in total. The fourth-order valence-electron chi connectivity index (χ4n) is 8.85. The van der Waals surface area contributed by atoms with Crippen LogP contribution >= 0.6 is 22.7 Å². The van der Waals surface area contributed by atoms with Gasteiger partial charge in [0, 0.05) is 52.5 Å². The van der Waals surface area contributed by atoms with E-state index in [4.69, 9.17) is 9.97 Å². The van der Waals surface area contributed by atoms with E-state index in [9.17, 15) is 27.2 Å². The molecule has 13 aromatic rings. The Kier molecular flexibility index (Phi) is 4.55. The molecule has 0 bridgehead atoms. The van der Waals surface area contributed by atoms with Crippen molar-refractivity contribution in [3.8, 4) is 0 Å². The molecule has 244 valence electrons. The minimum absolute atomic E-state index is 0.108. The Hall–Kier alpha value is -6.24. The number of nitrogens with zero attached hydrogens (tertiary/aromatic N) is 4. The van der Waals surface area contributed by atoms with Crippen molar-refractivity contribution in [3.05, 3.63) is 115 Å². The molecule has 0 N–H and O–H groups in total. The third kappa shape index (κ3) is 2.91. The molecule has 0 spiro atoms. The van der Waals surface area contributed by atoms with Crippen LogP contribution in [0.5, 0.6) is 0 Å². The maximum atomic E-state index is 14.7. The average molecular weight is 721 g/mol. The first-order valence-electron chi connectivity index (χ1n) is 16.2. The fraction of sp³-hybridized carbons (Fsp3) is 0. The molecule has 0 aliphatic heterocycles. The summed E-state index contributed by atoms with van der Waals surface area (Å²) in [7, 11) is 0. The highest BCUT2D eigenvalue weighted by Gasteiger charge is 2.25. The number of rotatable bonds is 0. The Balaban J connectivity index is 1.18. The van der Waals surface area contributed by atoms with Gasteiger partial charge >= 0.3 is 0 Å². The highest BCUT2D eigenvalue weighted by atomic mass is 32.1. The highest BCUT2D eigenvalue weighted by Crippen LogP contribution is 2.46. The van der Waals surface area contributed by atoms with Gasteiger partial charge in [0.05, 0.1) is 22.1 Å². The topological polar surface area (TPSA) is 68.7 Å². The van der Waals surface area contributed by atoms with Gasteiger partial charge in [0.2, 0.25) is 10.3 Å². The molecule has 6 aromatic heterocycles. The number of imidazole rings is 2. The fourth-order valence-corrected chi connectivity index (χ4v) is 10.5. The molecular formula is C40H12F4N4O2S2. The Morgan fingerprint density at radius 1 is 0.442 bits per heavy atom. The van der Waals surface area contributed by atoms with Crippen LogP contribution in [0, 0.1) is 21.9 Å². The second-order valence-electron chi connectivity index (χ2n) is 13.3. The van der Waals surface area contributed by atoms with Crippen LogP contribution in [0.4, 0.5) is 17.6 Å². The van der Waals surface area contributed by atoms with E-state index in [-0.39, 0.29) is 21.9 Å². The van der Waals surface area contributed by atoms with Crippen LogP contribution in [0.2, 0.25) is 0 Å². The summed E-state index contributed by atoms with van der Waals surface area (Å²) in [6.45, 7) is 0. The standard InChI is InChI=1S/C40H12F4N4O2S2/c41-33-21-9-25-23(11-27(21)51-35(33)43)45-37-17-5-1-13-15-3-7-20-32-18(6-2-14(30(15)32)16-4-8-19(31(17)29(13)16)39(49)47(25)37)38-46-24-12-28-22(34(42)36(44)52-28)10-26(24)48(38)40(20)50/h1-12H. The van der Waals surface area contributed by atoms with Crippen molar-refractivity contribution in [2.75, 3.05) is 0 Å². The van der Waals surface area contributed by atoms with Gasteiger partial charge in [0.1, 0.15) is 11.3 Å². The lowest BCUT2D eigenvalue weighted by Gasteiger charge is -2.18. The lowest BCUT2D eigenvalue weighted by molar-refractivity contribution is 0.538. The molecule has 0 atom stereocenters.